The van der Waals surface area contributed by atoms with Gasteiger partial charge < -0.3 is 9.73 Å². The van der Waals surface area contributed by atoms with Crippen molar-refractivity contribution in [2.45, 2.75) is 24.9 Å². The fourth-order valence-electron chi connectivity index (χ4n) is 3.99. The second-order valence-electron chi connectivity index (χ2n) is 6.87. The molecule has 1 aliphatic heterocycles. The summed E-state index contributed by atoms with van der Waals surface area (Å²) in [4.78, 5) is 31.2. The van der Waals surface area contributed by atoms with Gasteiger partial charge in [-0.15, -0.1) is 0 Å². The van der Waals surface area contributed by atoms with Crippen LogP contribution in [-0.4, -0.2) is 21.8 Å². The molecule has 1 aromatic heterocycles. The van der Waals surface area contributed by atoms with Crippen molar-refractivity contribution in [3.8, 4) is 11.3 Å². The Hall–Kier alpha value is -3.41. The van der Waals surface area contributed by atoms with E-state index in [1.54, 1.807) is 6.20 Å². The fraction of sp³-hybridized carbons (Fsp3) is 0.190. The summed E-state index contributed by atoms with van der Waals surface area (Å²) in [5.41, 5.74) is 1.94. The van der Waals surface area contributed by atoms with Gasteiger partial charge in [0.15, 0.2) is 5.76 Å². The Labute approximate surface area is 155 Å². The van der Waals surface area contributed by atoms with E-state index >= 15 is 0 Å². The van der Waals surface area contributed by atoms with Gasteiger partial charge in [-0.1, -0.05) is 54.6 Å². The summed E-state index contributed by atoms with van der Waals surface area (Å²) in [5, 5.41) is 2.91. The van der Waals surface area contributed by atoms with E-state index < -0.39 is 11.6 Å². The summed E-state index contributed by atoms with van der Waals surface area (Å²) in [6, 6.07) is 17.0. The van der Waals surface area contributed by atoms with Crippen molar-refractivity contribution < 1.29 is 14.0 Å². The third-order valence-corrected chi connectivity index (χ3v) is 5.33. The molecule has 27 heavy (non-hydrogen) atoms. The number of urea groups is 1. The Morgan fingerprint density at radius 3 is 2.70 bits per heavy atom. The average Bonchev–Trinajstić information content (AvgIpc) is 3.38. The first-order valence-corrected chi connectivity index (χ1v) is 8.90. The third kappa shape index (κ3) is 2.37. The Morgan fingerprint density at radius 1 is 1.07 bits per heavy atom. The zero-order chi connectivity index (χ0) is 18.4. The van der Waals surface area contributed by atoms with Crippen molar-refractivity contribution >= 4 is 11.9 Å². The van der Waals surface area contributed by atoms with Gasteiger partial charge in [0.25, 0.3) is 5.91 Å². The quantitative estimate of drug-likeness (QED) is 0.729. The Kier molecular flexibility index (Phi) is 3.40. The molecular weight excluding hydrogens is 342 g/mol. The van der Waals surface area contributed by atoms with Gasteiger partial charge in [-0.25, -0.2) is 9.78 Å². The van der Waals surface area contributed by atoms with Gasteiger partial charge in [0.05, 0.1) is 6.20 Å². The number of carbonyl (C=O) groups excluding carboxylic acids is 2. The Balaban J connectivity index is 1.42. The highest BCUT2D eigenvalue weighted by Crippen LogP contribution is 2.41. The van der Waals surface area contributed by atoms with Gasteiger partial charge in [0.2, 0.25) is 5.89 Å². The summed E-state index contributed by atoms with van der Waals surface area (Å²) < 4.78 is 5.76. The lowest BCUT2D eigenvalue weighted by Crippen LogP contribution is -2.41. The average molecular weight is 359 g/mol. The number of nitrogens with one attached hydrogen (secondary N) is 1. The number of amides is 3. The topological polar surface area (TPSA) is 75.4 Å². The second-order valence-corrected chi connectivity index (χ2v) is 6.87. The molecule has 0 radical (unpaired) electrons. The molecule has 134 valence electrons. The molecule has 2 aromatic carbocycles. The van der Waals surface area contributed by atoms with Gasteiger partial charge in [0.1, 0.15) is 12.1 Å². The highest BCUT2D eigenvalue weighted by molar-refractivity contribution is 6.08. The first-order chi connectivity index (χ1) is 13.2. The number of benzene rings is 2. The molecule has 3 amide bonds. The molecule has 0 bridgehead atoms. The number of imide groups is 1. The molecule has 3 aromatic rings. The van der Waals surface area contributed by atoms with Crippen molar-refractivity contribution in [1.29, 1.82) is 0 Å². The van der Waals surface area contributed by atoms with Crippen LogP contribution < -0.4 is 5.32 Å². The van der Waals surface area contributed by atoms with Gasteiger partial charge in [0, 0.05) is 5.56 Å². The monoisotopic (exact) mass is 359 g/mol. The maximum absolute atomic E-state index is 13.2. The molecule has 2 heterocycles. The zero-order valence-electron chi connectivity index (χ0n) is 14.5. The minimum Gasteiger partial charge on any atom is -0.439 e. The fourth-order valence-corrected chi connectivity index (χ4v) is 3.99. The molecule has 2 aliphatic rings. The number of hydrogen-bond donors (Lipinski definition) is 1. The lowest BCUT2D eigenvalue weighted by molar-refractivity contribution is -0.132. The number of aryl methyl sites for hydroxylation is 1. The summed E-state index contributed by atoms with van der Waals surface area (Å²) in [5.74, 6) is 0.705. The minimum atomic E-state index is -0.956. The number of oxazole rings is 1. The number of rotatable bonds is 3. The molecule has 1 atom stereocenters. The molecule has 1 spiro atoms. The summed E-state index contributed by atoms with van der Waals surface area (Å²) in [6.45, 7) is 0.0153. The first-order valence-electron chi connectivity index (χ1n) is 8.90. The number of aromatic nitrogens is 1. The number of nitrogens with zero attached hydrogens (tertiary/aromatic N) is 2. The number of carbonyl (C=O) groups is 2. The van der Waals surface area contributed by atoms with Crippen LogP contribution in [-0.2, 0) is 23.3 Å². The van der Waals surface area contributed by atoms with Crippen LogP contribution >= 0.6 is 0 Å². The minimum absolute atomic E-state index is 0.0153. The van der Waals surface area contributed by atoms with E-state index in [4.69, 9.17) is 4.42 Å². The lowest BCUT2D eigenvalue weighted by atomic mass is 9.92. The van der Waals surface area contributed by atoms with Gasteiger partial charge in [-0.05, 0) is 24.0 Å². The van der Waals surface area contributed by atoms with Crippen LogP contribution in [0.5, 0.6) is 0 Å². The Bertz CT molecular complexity index is 1040. The van der Waals surface area contributed by atoms with Gasteiger partial charge in [-0.2, -0.15) is 0 Å². The van der Waals surface area contributed by atoms with Crippen LogP contribution in [0.3, 0.4) is 0 Å². The van der Waals surface area contributed by atoms with Gasteiger partial charge >= 0.3 is 6.03 Å². The maximum atomic E-state index is 13.2. The van der Waals surface area contributed by atoms with E-state index in [-0.39, 0.29) is 12.5 Å². The molecule has 1 saturated heterocycles. The van der Waals surface area contributed by atoms with Crippen LogP contribution in [0, 0.1) is 0 Å². The van der Waals surface area contributed by atoms with Crippen molar-refractivity contribution in [3.05, 3.63) is 77.8 Å². The van der Waals surface area contributed by atoms with E-state index in [0.717, 1.165) is 23.1 Å². The molecule has 1 fully saturated rings. The van der Waals surface area contributed by atoms with E-state index in [0.29, 0.717) is 18.1 Å². The third-order valence-electron chi connectivity index (χ3n) is 5.33. The van der Waals surface area contributed by atoms with Crippen LogP contribution in [0.1, 0.15) is 23.4 Å². The summed E-state index contributed by atoms with van der Waals surface area (Å²) in [6.07, 6.45) is 2.96. The predicted octanol–water partition coefficient (Wildman–Crippen LogP) is 3.24. The largest absolute Gasteiger partial charge is 0.439 e. The molecule has 5 rings (SSSR count). The Morgan fingerprint density at radius 2 is 1.85 bits per heavy atom. The molecule has 0 unspecified atom stereocenters. The number of fused-ring (bicyclic) bond motifs is 2. The van der Waals surface area contributed by atoms with E-state index in [1.807, 2.05) is 54.6 Å². The van der Waals surface area contributed by atoms with Crippen molar-refractivity contribution in [2.24, 2.45) is 0 Å². The highest BCUT2D eigenvalue weighted by atomic mass is 16.4. The number of hydrogen-bond acceptors (Lipinski definition) is 4. The second kappa shape index (κ2) is 5.81. The van der Waals surface area contributed by atoms with Crippen LogP contribution in [0.2, 0.25) is 0 Å². The molecule has 0 saturated carbocycles. The van der Waals surface area contributed by atoms with Crippen LogP contribution in [0.4, 0.5) is 4.79 Å². The predicted molar refractivity (Wildman–Crippen MR) is 97.5 cm³/mol. The molecule has 1 N–H and O–H groups in total. The zero-order valence-corrected chi connectivity index (χ0v) is 14.5. The first kappa shape index (κ1) is 15.8. The molecule has 6 heteroatoms. The highest BCUT2D eigenvalue weighted by Gasteiger charge is 2.55. The van der Waals surface area contributed by atoms with Crippen molar-refractivity contribution in [2.75, 3.05) is 0 Å². The van der Waals surface area contributed by atoms with E-state index in [1.165, 1.54) is 4.90 Å². The van der Waals surface area contributed by atoms with E-state index in [9.17, 15) is 9.59 Å². The van der Waals surface area contributed by atoms with Crippen LogP contribution in [0.25, 0.3) is 11.3 Å². The maximum Gasteiger partial charge on any atom is 0.325 e. The SMILES string of the molecule is O=C1N[C@@]2(CCc3ccccc32)C(=O)N1Cc1ncc(-c2ccccc2)o1. The molecule has 1 aliphatic carbocycles. The van der Waals surface area contributed by atoms with Crippen molar-refractivity contribution in [3.63, 3.8) is 0 Å². The summed E-state index contributed by atoms with van der Waals surface area (Å²) in [7, 11) is 0. The summed E-state index contributed by atoms with van der Waals surface area (Å²) >= 11 is 0. The molecular formula is C21H17N3O3. The van der Waals surface area contributed by atoms with Crippen LogP contribution in [0.15, 0.2) is 65.2 Å². The van der Waals surface area contributed by atoms with Gasteiger partial charge in [-0.3, -0.25) is 9.69 Å². The molecule has 6 nitrogen and oxygen atoms in total. The standard InChI is InChI=1S/C21H17N3O3/c25-19-21(11-10-14-6-4-5-9-16(14)21)23-20(26)24(19)13-18-22-12-17(27-18)15-7-2-1-3-8-15/h1-9,12H,10-11,13H2,(H,23,26)/t21-/m1/s1. The lowest BCUT2D eigenvalue weighted by Gasteiger charge is -2.22. The normalized spacial score (nSPS) is 21.0. The van der Waals surface area contributed by atoms with Crippen molar-refractivity contribution in [1.82, 2.24) is 15.2 Å². The van der Waals surface area contributed by atoms with E-state index in [2.05, 4.69) is 10.3 Å². The smallest absolute Gasteiger partial charge is 0.325 e.